The summed E-state index contributed by atoms with van der Waals surface area (Å²) in [4.78, 5) is 25.4. The van der Waals surface area contributed by atoms with Gasteiger partial charge in [-0.15, -0.1) is 0 Å². The van der Waals surface area contributed by atoms with Crippen molar-refractivity contribution >= 4 is 11.8 Å². The normalized spacial score (nSPS) is 20.8. The van der Waals surface area contributed by atoms with E-state index in [-0.39, 0.29) is 43.3 Å². The minimum absolute atomic E-state index is 0.152. The maximum absolute atomic E-state index is 12.8. The first-order chi connectivity index (χ1) is 10.5. The summed E-state index contributed by atoms with van der Waals surface area (Å²) in [6, 6.07) is 5.38. The first-order valence-electron chi connectivity index (χ1n) is 7.03. The summed E-state index contributed by atoms with van der Waals surface area (Å²) >= 11 is 0. The molecule has 2 N–H and O–H groups in total. The molecule has 0 radical (unpaired) electrons. The van der Waals surface area contributed by atoms with E-state index in [0.29, 0.717) is 12.3 Å². The van der Waals surface area contributed by atoms with Crippen molar-refractivity contribution in [1.82, 2.24) is 10.2 Å². The Kier molecular flexibility index (Phi) is 5.32. The Balaban J connectivity index is 1.90. The van der Waals surface area contributed by atoms with E-state index in [9.17, 15) is 19.1 Å². The summed E-state index contributed by atoms with van der Waals surface area (Å²) in [6.45, 7) is 0.238. The van der Waals surface area contributed by atoms with Crippen LogP contribution in [0.3, 0.4) is 0 Å². The van der Waals surface area contributed by atoms with Gasteiger partial charge in [0, 0.05) is 32.7 Å². The van der Waals surface area contributed by atoms with Gasteiger partial charge in [0.05, 0.1) is 5.92 Å². The molecular formula is C15H19FN2O4. The number of amides is 2. The summed E-state index contributed by atoms with van der Waals surface area (Å²) in [6.07, 6.45) is 0. The second-order valence-corrected chi connectivity index (χ2v) is 5.20. The van der Waals surface area contributed by atoms with Crippen LogP contribution in [-0.2, 0) is 9.59 Å². The third-order valence-electron chi connectivity index (χ3n) is 3.79. The van der Waals surface area contributed by atoms with Gasteiger partial charge < -0.3 is 20.1 Å². The summed E-state index contributed by atoms with van der Waals surface area (Å²) < 4.78 is 18.1. The van der Waals surface area contributed by atoms with E-state index in [0.717, 1.165) is 0 Å². The number of aliphatic hydroxyl groups is 1. The van der Waals surface area contributed by atoms with Crippen LogP contribution in [0, 0.1) is 17.7 Å². The third-order valence-corrected chi connectivity index (χ3v) is 3.79. The molecule has 0 bridgehead atoms. The van der Waals surface area contributed by atoms with Crippen molar-refractivity contribution in [2.45, 2.75) is 0 Å². The standard InChI is InChI=1S/C15H19FN2O4/c1-17-15(21)13-7-18(6-10(13)8-19)14(20)9-22-12-4-2-11(16)3-5-12/h2-5,10,13,19H,6-9H2,1H3,(H,17,21)/t10-,13+/m0/s1. The van der Waals surface area contributed by atoms with E-state index in [1.165, 1.54) is 36.2 Å². The number of nitrogens with one attached hydrogen (secondary N) is 1. The number of halogens is 1. The van der Waals surface area contributed by atoms with Gasteiger partial charge in [0.1, 0.15) is 11.6 Å². The van der Waals surface area contributed by atoms with Gasteiger partial charge in [-0.3, -0.25) is 9.59 Å². The third kappa shape index (κ3) is 3.73. The van der Waals surface area contributed by atoms with Gasteiger partial charge in [-0.2, -0.15) is 0 Å². The first-order valence-corrected chi connectivity index (χ1v) is 7.03. The molecule has 2 atom stereocenters. The van der Waals surface area contributed by atoms with Crippen molar-refractivity contribution in [3.05, 3.63) is 30.1 Å². The number of benzene rings is 1. The molecule has 6 nitrogen and oxygen atoms in total. The summed E-state index contributed by atoms with van der Waals surface area (Å²) in [5, 5.41) is 11.9. The SMILES string of the molecule is CNC(=O)[C@@H]1CN(C(=O)COc2ccc(F)cc2)C[C@H]1CO. The highest BCUT2D eigenvalue weighted by atomic mass is 19.1. The number of aliphatic hydroxyl groups excluding tert-OH is 1. The average Bonchev–Trinajstić information content (AvgIpc) is 2.97. The molecule has 0 aromatic heterocycles. The number of likely N-dealkylation sites (tertiary alicyclic amines) is 1. The molecule has 1 aliphatic rings. The van der Waals surface area contributed by atoms with Crippen molar-refractivity contribution in [3.63, 3.8) is 0 Å². The number of carbonyl (C=O) groups excluding carboxylic acids is 2. The van der Waals surface area contributed by atoms with E-state index < -0.39 is 5.92 Å². The van der Waals surface area contributed by atoms with Crippen LogP contribution in [0.25, 0.3) is 0 Å². The van der Waals surface area contributed by atoms with Crippen molar-refractivity contribution in [3.8, 4) is 5.75 Å². The molecule has 1 fully saturated rings. The van der Waals surface area contributed by atoms with Crippen LogP contribution < -0.4 is 10.1 Å². The smallest absolute Gasteiger partial charge is 0.260 e. The fourth-order valence-corrected chi connectivity index (χ4v) is 2.51. The van der Waals surface area contributed by atoms with Crippen molar-refractivity contribution < 1.29 is 23.8 Å². The van der Waals surface area contributed by atoms with Crippen molar-refractivity contribution in [2.24, 2.45) is 11.8 Å². The maximum Gasteiger partial charge on any atom is 0.260 e. The summed E-state index contributed by atoms with van der Waals surface area (Å²) in [5.41, 5.74) is 0. The summed E-state index contributed by atoms with van der Waals surface area (Å²) in [7, 11) is 1.53. The van der Waals surface area contributed by atoms with Gasteiger partial charge in [-0.05, 0) is 24.3 Å². The van der Waals surface area contributed by atoms with Gasteiger partial charge in [0.25, 0.3) is 5.91 Å². The lowest BCUT2D eigenvalue weighted by Crippen LogP contribution is -2.35. The number of carbonyl (C=O) groups is 2. The quantitative estimate of drug-likeness (QED) is 0.803. The number of ether oxygens (including phenoxy) is 1. The van der Waals surface area contributed by atoms with E-state index in [1.54, 1.807) is 0 Å². The maximum atomic E-state index is 12.8. The number of hydrogen-bond donors (Lipinski definition) is 2. The zero-order valence-electron chi connectivity index (χ0n) is 12.3. The Hall–Kier alpha value is -2.15. The molecule has 0 unspecified atom stereocenters. The molecule has 22 heavy (non-hydrogen) atoms. The van der Waals surface area contributed by atoms with Crippen LogP contribution in [0.1, 0.15) is 0 Å². The average molecular weight is 310 g/mol. The summed E-state index contributed by atoms with van der Waals surface area (Å²) in [5.74, 6) is -1.12. The molecule has 0 aliphatic carbocycles. The van der Waals surface area contributed by atoms with Gasteiger partial charge in [0.15, 0.2) is 6.61 Å². The van der Waals surface area contributed by atoms with Gasteiger partial charge >= 0.3 is 0 Å². The zero-order valence-corrected chi connectivity index (χ0v) is 12.3. The monoisotopic (exact) mass is 310 g/mol. The van der Waals surface area contributed by atoms with Gasteiger partial charge in [0.2, 0.25) is 5.91 Å². The minimum Gasteiger partial charge on any atom is -0.484 e. The second kappa shape index (κ2) is 7.22. The minimum atomic E-state index is -0.412. The van der Waals surface area contributed by atoms with Crippen molar-refractivity contribution in [2.75, 3.05) is 33.4 Å². The van der Waals surface area contributed by atoms with E-state index in [1.807, 2.05) is 0 Å². The molecule has 7 heteroatoms. The van der Waals surface area contributed by atoms with E-state index in [2.05, 4.69) is 5.32 Å². The molecule has 1 aromatic rings. The van der Waals surface area contributed by atoms with Crippen LogP contribution in [0.5, 0.6) is 5.75 Å². The van der Waals surface area contributed by atoms with Crippen LogP contribution in [-0.4, -0.2) is 55.2 Å². The Morgan fingerprint density at radius 1 is 1.36 bits per heavy atom. The van der Waals surface area contributed by atoms with Crippen LogP contribution >= 0.6 is 0 Å². The molecular weight excluding hydrogens is 291 g/mol. The highest BCUT2D eigenvalue weighted by Gasteiger charge is 2.38. The van der Waals surface area contributed by atoms with Crippen molar-refractivity contribution in [1.29, 1.82) is 0 Å². The fraction of sp³-hybridized carbons (Fsp3) is 0.467. The molecule has 2 amide bonds. The Morgan fingerprint density at radius 3 is 2.64 bits per heavy atom. The van der Waals surface area contributed by atoms with Gasteiger partial charge in [-0.25, -0.2) is 4.39 Å². The van der Waals surface area contributed by atoms with E-state index in [4.69, 9.17) is 4.74 Å². The Labute approximate surface area is 127 Å². The lowest BCUT2D eigenvalue weighted by atomic mass is 9.96. The van der Waals surface area contributed by atoms with Crippen LogP contribution in [0.4, 0.5) is 4.39 Å². The topological polar surface area (TPSA) is 78.9 Å². The largest absolute Gasteiger partial charge is 0.484 e. The van der Waals surface area contributed by atoms with Crippen LogP contribution in [0.15, 0.2) is 24.3 Å². The lowest BCUT2D eigenvalue weighted by Gasteiger charge is -2.16. The number of hydrogen-bond acceptors (Lipinski definition) is 4. The second-order valence-electron chi connectivity index (χ2n) is 5.20. The molecule has 1 saturated heterocycles. The molecule has 0 spiro atoms. The van der Waals surface area contributed by atoms with Gasteiger partial charge in [-0.1, -0.05) is 0 Å². The fourth-order valence-electron chi connectivity index (χ4n) is 2.51. The first kappa shape index (κ1) is 16.2. The molecule has 1 heterocycles. The Morgan fingerprint density at radius 2 is 2.05 bits per heavy atom. The highest BCUT2D eigenvalue weighted by molar-refractivity contribution is 5.82. The van der Waals surface area contributed by atoms with Crippen LogP contribution in [0.2, 0.25) is 0 Å². The Bertz CT molecular complexity index is 535. The highest BCUT2D eigenvalue weighted by Crippen LogP contribution is 2.23. The molecule has 120 valence electrons. The predicted octanol–water partition coefficient (Wildman–Crippen LogP) is 0.0174. The zero-order chi connectivity index (χ0) is 16.1. The number of rotatable bonds is 5. The lowest BCUT2D eigenvalue weighted by molar-refractivity contribution is -0.132. The molecule has 0 saturated carbocycles. The molecule has 2 rings (SSSR count). The predicted molar refractivity (Wildman–Crippen MR) is 76.6 cm³/mol. The molecule has 1 aliphatic heterocycles. The van der Waals surface area contributed by atoms with E-state index >= 15 is 0 Å². The number of nitrogens with zero attached hydrogens (tertiary/aromatic N) is 1. The molecule has 1 aromatic carbocycles.